The zero-order chi connectivity index (χ0) is 13.3. The van der Waals surface area contributed by atoms with Crippen molar-refractivity contribution < 1.29 is 4.42 Å². The van der Waals surface area contributed by atoms with Crippen LogP contribution < -0.4 is 5.63 Å². The average molecular weight is 256 g/mol. The summed E-state index contributed by atoms with van der Waals surface area (Å²) in [5.74, 6) is 3.19. The van der Waals surface area contributed by atoms with Crippen LogP contribution >= 0.6 is 0 Å². The van der Waals surface area contributed by atoms with E-state index in [1.807, 2.05) is 19.1 Å². The highest BCUT2D eigenvalue weighted by Crippen LogP contribution is 2.18. The molecule has 1 aromatic carbocycles. The highest BCUT2D eigenvalue weighted by atomic mass is 28.3. The van der Waals surface area contributed by atoms with Gasteiger partial charge in [0.1, 0.15) is 13.7 Å². The molecule has 18 heavy (non-hydrogen) atoms. The van der Waals surface area contributed by atoms with E-state index in [9.17, 15) is 4.79 Å². The van der Waals surface area contributed by atoms with Crippen LogP contribution in [0.3, 0.4) is 0 Å². The Morgan fingerprint density at radius 1 is 1.17 bits per heavy atom. The highest BCUT2D eigenvalue weighted by Gasteiger charge is 2.08. The summed E-state index contributed by atoms with van der Waals surface area (Å²) < 4.78 is 5.20. The monoisotopic (exact) mass is 256 g/mol. The molecule has 0 spiro atoms. The zero-order valence-corrected chi connectivity index (χ0v) is 12.1. The summed E-state index contributed by atoms with van der Waals surface area (Å²) in [5, 5.41) is 0.966. The van der Waals surface area contributed by atoms with Crippen LogP contribution in [0, 0.1) is 18.4 Å². The molecule has 0 saturated heterocycles. The number of hydrogen-bond donors (Lipinski definition) is 0. The molecule has 0 bridgehead atoms. The van der Waals surface area contributed by atoms with Crippen LogP contribution in [0.5, 0.6) is 0 Å². The SMILES string of the molecule is Cc1cc(C#C[Si](C)(C)C)cc2oc(=O)ccc12. The summed E-state index contributed by atoms with van der Waals surface area (Å²) in [6.07, 6.45) is 0. The van der Waals surface area contributed by atoms with Crippen LogP contribution in [0.25, 0.3) is 11.0 Å². The Bertz CT molecular complexity index is 709. The second-order valence-corrected chi connectivity index (χ2v) is 10.2. The van der Waals surface area contributed by atoms with E-state index < -0.39 is 8.07 Å². The van der Waals surface area contributed by atoms with Crippen LogP contribution in [-0.2, 0) is 0 Å². The van der Waals surface area contributed by atoms with Crippen LogP contribution in [0.15, 0.2) is 33.5 Å². The van der Waals surface area contributed by atoms with E-state index in [0.717, 1.165) is 16.5 Å². The molecule has 2 rings (SSSR count). The minimum absolute atomic E-state index is 0.322. The number of benzene rings is 1. The Morgan fingerprint density at radius 2 is 1.89 bits per heavy atom. The van der Waals surface area contributed by atoms with Crippen LogP contribution in [-0.4, -0.2) is 8.07 Å². The highest BCUT2D eigenvalue weighted by molar-refractivity contribution is 6.83. The molecule has 0 aliphatic heterocycles. The molecule has 92 valence electrons. The van der Waals surface area contributed by atoms with Crippen LogP contribution in [0.1, 0.15) is 11.1 Å². The van der Waals surface area contributed by atoms with Crippen molar-refractivity contribution in [2.75, 3.05) is 0 Å². The molecular weight excluding hydrogens is 240 g/mol. The fourth-order valence-corrected chi connectivity index (χ4v) is 2.21. The van der Waals surface area contributed by atoms with E-state index in [2.05, 4.69) is 31.1 Å². The molecule has 0 aliphatic carbocycles. The third-order valence-electron chi connectivity index (χ3n) is 2.53. The second-order valence-electron chi connectivity index (χ2n) is 5.46. The lowest BCUT2D eigenvalue weighted by atomic mass is 10.1. The van der Waals surface area contributed by atoms with E-state index in [1.54, 1.807) is 6.07 Å². The fraction of sp³-hybridized carbons (Fsp3) is 0.267. The third-order valence-corrected chi connectivity index (χ3v) is 3.40. The maximum atomic E-state index is 11.2. The van der Waals surface area contributed by atoms with E-state index >= 15 is 0 Å². The minimum Gasteiger partial charge on any atom is -0.423 e. The molecule has 0 saturated carbocycles. The van der Waals surface area contributed by atoms with E-state index in [-0.39, 0.29) is 5.63 Å². The van der Waals surface area contributed by atoms with Crippen molar-refractivity contribution >= 4 is 19.0 Å². The zero-order valence-electron chi connectivity index (χ0n) is 11.1. The Hall–Kier alpha value is -1.79. The smallest absolute Gasteiger partial charge is 0.336 e. The van der Waals surface area contributed by atoms with Gasteiger partial charge in [0, 0.05) is 17.0 Å². The summed E-state index contributed by atoms with van der Waals surface area (Å²) in [6.45, 7) is 8.61. The van der Waals surface area contributed by atoms with Gasteiger partial charge in [0.25, 0.3) is 0 Å². The topological polar surface area (TPSA) is 30.2 Å². The Morgan fingerprint density at radius 3 is 2.56 bits per heavy atom. The minimum atomic E-state index is -1.39. The quantitative estimate of drug-likeness (QED) is 0.411. The van der Waals surface area contributed by atoms with Gasteiger partial charge in [-0.3, -0.25) is 0 Å². The van der Waals surface area contributed by atoms with Gasteiger partial charge in [-0.25, -0.2) is 4.79 Å². The first-order chi connectivity index (χ1) is 8.35. The first-order valence-corrected chi connectivity index (χ1v) is 9.43. The molecule has 0 unspecified atom stereocenters. The number of hydrogen-bond acceptors (Lipinski definition) is 2. The number of fused-ring (bicyclic) bond motifs is 1. The summed E-state index contributed by atoms with van der Waals surface area (Å²) in [4.78, 5) is 11.2. The van der Waals surface area contributed by atoms with Crippen molar-refractivity contribution in [2.45, 2.75) is 26.6 Å². The van der Waals surface area contributed by atoms with Gasteiger partial charge in [0.2, 0.25) is 0 Å². The molecule has 2 aromatic rings. The molecule has 0 amide bonds. The molecule has 2 nitrogen and oxygen atoms in total. The molecule has 0 radical (unpaired) electrons. The van der Waals surface area contributed by atoms with Gasteiger partial charge in [-0.15, -0.1) is 5.54 Å². The molecule has 0 N–H and O–H groups in total. The van der Waals surface area contributed by atoms with Crippen molar-refractivity contribution in [3.05, 3.63) is 45.8 Å². The van der Waals surface area contributed by atoms with Crippen molar-refractivity contribution in [3.63, 3.8) is 0 Å². The molecule has 0 aliphatic rings. The predicted octanol–water partition coefficient (Wildman–Crippen LogP) is 3.33. The molecule has 0 fully saturated rings. The molecule has 0 atom stereocenters. The molecular formula is C15H16O2Si. The van der Waals surface area contributed by atoms with Gasteiger partial charge < -0.3 is 4.42 Å². The van der Waals surface area contributed by atoms with Crippen LogP contribution in [0.4, 0.5) is 0 Å². The third kappa shape index (κ3) is 2.90. The normalized spacial score (nSPS) is 11.1. The summed E-state index contributed by atoms with van der Waals surface area (Å²) in [7, 11) is -1.39. The van der Waals surface area contributed by atoms with Gasteiger partial charge in [0.05, 0.1) is 0 Å². The van der Waals surface area contributed by atoms with Crippen molar-refractivity contribution in [3.8, 4) is 11.5 Å². The first-order valence-electron chi connectivity index (χ1n) is 5.93. The Balaban J connectivity index is 2.60. The molecule has 3 heteroatoms. The van der Waals surface area contributed by atoms with Gasteiger partial charge in [-0.2, -0.15) is 0 Å². The Kier molecular flexibility index (Phi) is 3.14. The van der Waals surface area contributed by atoms with Crippen molar-refractivity contribution in [1.29, 1.82) is 0 Å². The van der Waals surface area contributed by atoms with Gasteiger partial charge in [-0.1, -0.05) is 25.6 Å². The fourth-order valence-electron chi connectivity index (χ4n) is 1.69. The summed E-state index contributed by atoms with van der Waals surface area (Å²) in [6, 6.07) is 7.13. The molecule has 1 heterocycles. The van der Waals surface area contributed by atoms with Gasteiger partial charge in [0.15, 0.2) is 0 Å². The predicted molar refractivity (Wildman–Crippen MR) is 77.4 cm³/mol. The Labute approximate surface area is 108 Å². The summed E-state index contributed by atoms with van der Waals surface area (Å²) in [5.41, 5.74) is 5.60. The van der Waals surface area contributed by atoms with Gasteiger partial charge >= 0.3 is 5.63 Å². The van der Waals surface area contributed by atoms with Crippen molar-refractivity contribution in [1.82, 2.24) is 0 Å². The lowest BCUT2D eigenvalue weighted by Crippen LogP contribution is -2.16. The standard InChI is InChI=1S/C15H16O2Si/c1-11-9-12(7-8-18(2,3)4)10-14-13(11)5-6-15(16)17-14/h5-6,9-10H,1-4H3. The first kappa shape index (κ1) is 12.7. The number of aryl methyl sites for hydroxylation is 1. The van der Waals surface area contributed by atoms with Crippen molar-refractivity contribution in [2.24, 2.45) is 0 Å². The second kappa shape index (κ2) is 4.47. The van der Waals surface area contributed by atoms with Gasteiger partial charge in [-0.05, 0) is 30.7 Å². The van der Waals surface area contributed by atoms with E-state index in [0.29, 0.717) is 5.58 Å². The summed E-state index contributed by atoms with van der Waals surface area (Å²) >= 11 is 0. The molecule has 1 aromatic heterocycles. The lowest BCUT2D eigenvalue weighted by Gasteiger charge is -2.04. The van der Waals surface area contributed by atoms with E-state index in [1.165, 1.54) is 6.07 Å². The van der Waals surface area contributed by atoms with Crippen LogP contribution in [0.2, 0.25) is 19.6 Å². The largest absolute Gasteiger partial charge is 0.423 e. The van der Waals surface area contributed by atoms with E-state index in [4.69, 9.17) is 4.42 Å². The maximum absolute atomic E-state index is 11.2. The number of rotatable bonds is 0. The average Bonchev–Trinajstić information content (AvgIpc) is 2.24. The maximum Gasteiger partial charge on any atom is 0.336 e. The lowest BCUT2D eigenvalue weighted by molar-refractivity contribution is 0.561.